The number of nitrogens with one attached hydrogen (secondary N) is 2. The van der Waals surface area contributed by atoms with Gasteiger partial charge in [0.1, 0.15) is 18.2 Å². The number of pyridine rings is 1. The third-order valence-electron chi connectivity index (χ3n) is 8.56. The molecule has 0 saturated carbocycles. The van der Waals surface area contributed by atoms with Gasteiger partial charge in [-0.2, -0.15) is 0 Å². The van der Waals surface area contributed by atoms with E-state index in [-0.39, 0.29) is 55.3 Å². The zero-order chi connectivity index (χ0) is 32.6. The normalized spacial score (nSPS) is 18.9. The number of hydrogen-bond donors (Lipinski definition) is 2. The van der Waals surface area contributed by atoms with E-state index in [1.54, 1.807) is 23.2 Å². The Morgan fingerprint density at radius 2 is 1.74 bits per heavy atom. The average Bonchev–Trinajstić information content (AvgIpc) is 3.49. The monoisotopic (exact) mass is 635 g/mol. The number of amides is 3. The SMILES string of the molecule is O=C(CCc1ccccc1)N[C@@H]1C[C@H]2COc3cccc(c3)-c3cncc(c3)C(=O)NCCN(Cc3cccc(F)c3)CC(=O)N2C1. The molecule has 2 aliphatic heterocycles. The van der Waals surface area contributed by atoms with Crippen LogP contribution in [0.2, 0.25) is 0 Å². The molecule has 0 unspecified atom stereocenters. The van der Waals surface area contributed by atoms with Gasteiger partial charge in [0.25, 0.3) is 5.91 Å². The van der Waals surface area contributed by atoms with Crippen molar-refractivity contribution in [2.75, 3.05) is 32.8 Å². The number of aryl methyl sites for hydroxylation is 1. The number of carbonyl (C=O) groups is 3. The molecule has 242 valence electrons. The van der Waals surface area contributed by atoms with Crippen molar-refractivity contribution >= 4 is 17.7 Å². The van der Waals surface area contributed by atoms with Crippen molar-refractivity contribution < 1.29 is 23.5 Å². The van der Waals surface area contributed by atoms with Crippen molar-refractivity contribution in [1.29, 1.82) is 0 Å². The molecule has 3 amide bonds. The predicted molar refractivity (Wildman–Crippen MR) is 176 cm³/mol. The van der Waals surface area contributed by atoms with E-state index in [9.17, 15) is 18.8 Å². The number of carbonyl (C=O) groups excluding carboxylic acids is 3. The summed E-state index contributed by atoms with van der Waals surface area (Å²) >= 11 is 0. The summed E-state index contributed by atoms with van der Waals surface area (Å²) in [5, 5.41) is 6.08. The van der Waals surface area contributed by atoms with E-state index in [1.807, 2.05) is 65.6 Å². The zero-order valence-electron chi connectivity index (χ0n) is 26.1. The van der Waals surface area contributed by atoms with Gasteiger partial charge in [-0.3, -0.25) is 24.3 Å². The standard InChI is InChI=1S/C37H38FN5O4/c38-31-10-4-8-27(16-31)22-42-15-14-40-37(46)30-17-29(20-39-21-30)28-9-5-11-34(18-28)47-25-33-19-32(23-43(33)36(45)24-42)41-35(44)13-12-26-6-2-1-3-7-26/h1-11,16-18,20-21,32-33H,12-15,19,22-25H2,(H,40,46)(H,41,44)/t32-,33+/m1/s1. The predicted octanol–water partition coefficient (Wildman–Crippen LogP) is 4.23. The van der Waals surface area contributed by atoms with E-state index >= 15 is 0 Å². The van der Waals surface area contributed by atoms with Crippen LogP contribution in [0.3, 0.4) is 0 Å². The minimum Gasteiger partial charge on any atom is -0.491 e. The fraction of sp³-hybridized carbons (Fsp3) is 0.297. The molecule has 6 rings (SSSR count). The molecule has 2 N–H and O–H groups in total. The summed E-state index contributed by atoms with van der Waals surface area (Å²) in [5.41, 5.74) is 3.85. The van der Waals surface area contributed by atoms with E-state index in [0.717, 1.165) is 22.3 Å². The molecule has 3 heterocycles. The molecule has 2 atom stereocenters. The molecule has 10 heteroatoms. The Balaban J connectivity index is 1.23. The van der Waals surface area contributed by atoms with Gasteiger partial charge in [0.15, 0.2) is 0 Å². The van der Waals surface area contributed by atoms with Gasteiger partial charge < -0.3 is 20.3 Å². The highest BCUT2D eigenvalue weighted by molar-refractivity contribution is 5.95. The van der Waals surface area contributed by atoms with Gasteiger partial charge in [-0.1, -0.05) is 54.6 Å². The van der Waals surface area contributed by atoms with Gasteiger partial charge in [-0.15, -0.1) is 0 Å². The fourth-order valence-electron chi connectivity index (χ4n) is 6.19. The number of hydrogen-bond acceptors (Lipinski definition) is 6. The lowest BCUT2D eigenvalue weighted by Gasteiger charge is -2.29. The third-order valence-corrected chi connectivity index (χ3v) is 8.56. The number of benzene rings is 3. The second kappa shape index (κ2) is 15.0. The Hall–Kier alpha value is -5.09. The number of rotatable bonds is 6. The molecular weight excluding hydrogens is 597 g/mol. The van der Waals surface area contributed by atoms with Crippen LogP contribution in [0.25, 0.3) is 11.1 Å². The summed E-state index contributed by atoms with van der Waals surface area (Å²) in [7, 11) is 0. The van der Waals surface area contributed by atoms with Gasteiger partial charge in [0.05, 0.1) is 18.2 Å². The van der Waals surface area contributed by atoms with E-state index in [4.69, 9.17) is 4.74 Å². The van der Waals surface area contributed by atoms with E-state index < -0.39 is 0 Å². The van der Waals surface area contributed by atoms with Gasteiger partial charge >= 0.3 is 0 Å². The highest BCUT2D eigenvalue weighted by Crippen LogP contribution is 2.26. The molecule has 0 radical (unpaired) electrons. The van der Waals surface area contributed by atoms with Crippen molar-refractivity contribution in [3.05, 3.63) is 120 Å². The maximum atomic E-state index is 14.1. The van der Waals surface area contributed by atoms with Gasteiger partial charge in [0.2, 0.25) is 11.8 Å². The lowest BCUT2D eigenvalue weighted by molar-refractivity contribution is -0.134. The van der Waals surface area contributed by atoms with Crippen molar-refractivity contribution in [1.82, 2.24) is 25.4 Å². The number of ether oxygens (including phenoxy) is 1. The minimum atomic E-state index is -0.355. The molecular formula is C37H38FN5O4. The highest BCUT2D eigenvalue weighted by atomic mass is 19.1. The lowest BCUT2D eigenvalue weighted by Crippen LogP contribution is -2.46. The molecule has 47 heavy (non-hydrogen) atoms. The Labute approximate surface area is 273 Å². The number of aromatic nitrogens is 1. The van der Waals surface area contributed by atoms with Gasteiger partial charge in [0, 0.05) is 56.6 Å². The van der Waals surface area contributed by atoms with Crippen LogP contribution in [0.5, 0.6) is 5.75 Å². The molecule has 4 bridgehead atoms. The maximum absolute atomic E-state index is 14.1. The van der Waals surface area contributed by atoms with Crippen molar-refractivity contribution in [3.8, 4) is 16.9 Å². The summed E-state index contributed by atoms with van der Waals surface area (Å²) in [6.45, 7) is 1.59. The molecule has 2 aliphatic rings. The number of nitrogens with zero attached hydrogens (tertiary/aromatic N) is 3. The third kappa shape index (κ3) is 8.59. The highest BCUT2D eigenvalue weighted by Gasteiger charge is 2.37. The Kier molecular flexibility index (Phi) is 10.2. The largest absolute Gasteiger partial charge is 0.491 e. The fourth-order valence-corrected chi connectivity index (χ4v) is 6.19. The first kappa shape index (κ1) is 31.9. The van der Waals surface area contributed by atoms with Crippen LogP contribution in [0.4, 0.5) is 4.39 Å². The summed E-state index contributed by atoms with van der Waals surface area (Å²) in [4.78, 5) is 48.0. The second-order valence-corrected chi connectivity index (χ2v) is 12.1. The van der Waals surface area contributed by atoms with Crippen molar-refractivity contribution in [2.45, 2.75) is 37.9 Å². The first-order chi connectivity index (χ1) is 22.9. The van der Waals surface area contributed by atoms with E-state index in [0.29, 0.717) is 50.2 Å². The molecule has 9 nitrogen and oxygen atoms in total. The molecule has 0 spiro atoms. The number of fused-ring (bicyclic) bond motifs is 6. The average molecular weight is 636 g/mol. The lowest BCUT2D eigenvalue weighted by atomic mass is 10.1. The Morgan fingerprint density at radius 3 is 2.60 bits per heavy atom. The summed E-state index contributed by atoms with van der Waals surface area (Å²) in [6, 6.07) is 25.0. The minimum absolute atomic E-state index is 0.0457. The van der Waals surface area contributed by atoms with Crippen molar-refractivity contribution in [2.24, 2.45) is 0 Å². The van der Waals surface area contributed by atoms with Crippen molar-refractivity contribution in [3.63, 3.8) is 0 Å². The van der Waals surface area contributed by atoms with E-state index in [1.165, 1.54) is 18.3 Å². The van der Waals surface area contributed by atoms with Gasteiger partial charge in [-0.05, 0) is 59.9 Å². The Morgan fingerprint density at radius 1 is 0.936 bits per heavy atom. The van der Waals surface area contributed by atoms with Crippen LogP contribution in [-0.4, -0.2) is 77.4 Å². The second-order valence-electron chi connectivity index (χ2n) is 12.1. The van der Waals surface area contributed by atoms with Crippen LogP contribution in [-0.2, 0) is 22.6 Å². The van der Waals surface area contributed by atoms with Crippen LogP contribution in [0, 0.1) is 5.82 Å². The topological polar surface area (TPSA) is 104 Å². The first-order valence-corrected chi connectivity index (χ1v) is 16.0. The maximum Gasteiger partial charge on any atom is 0.252 e. The molecule has 1 saturated heterocycles. The first-order valence-electron chi connectivity index (χ1n) is 16.0. The molecule has 3 aromatic carbocycles. The quantitative estimate of drug-likeness (QED) is 0.329. The van der Waals surface area contributed by atoms with E-state index in [2.05, 4.69) is 15.6 Å². The zero-order valence-corrected chi connectivity index (χ0v) is 26.1. The Bertz CT molecular complexity index is 1720. The van der Waals surface area contributed by atoms with Crippen LogP contribution < -0.4 is 15.4 Å². The van der Waals surface area contributed by atoms with Gasteiger partial charge in [-0.25, -0.2) is 4.39 Å². The molecule has 1 fully saturated rings. The van der Waals surface area contributed by atoms with Crippen LogP contribution in [0.15, 0.2) is 97.3 Å². The molecule has 4 aromatic rings. The number of halogens is 1. The summed E-state index contributed by atoms with van der Waals surface area (Å²) < 4.78 is 20.3. The molecule has 1 aromatic heterocycles. The smallest absolute Gasteiger partial charge is 0.252 e. The van der Waals surface area contributed by atoms with Crippen LogP contribution >= 0.6 is 0 Å². The van der Waals surface area contributed by atoms with Crippen LogP contribution in [0.1, 0.15) is 34.3 Å². The summed E-state index contributed by atoms with van der Waals surface area (Å²) in [6.07, 6.45) is 4.76. The summed E-state index contributed by atoms with van der Waals surface area (Å²) in [5.74, 6) is -0.201. The molecule has 0 aliphatic carbocycles.